The van der Waals surface area contributed by atoms with Gasteiger partial charge in [0.15, 0.2) is 0 Å². The van der Waals surface area contributed by atoms with Crippen LogP contribution in [0, 0.1) is 11.8 Å². The maximum Gasteiger partial charge on any atom is 0.0684 e. The highest BCUT2D eigenvalue weighted by atomic mass is 32.1. The van der Waals surface area contributed by atoms with Crippen LogP contribution in [-0.2, 0) is 0 Å². The lowest BCUT2D eigenvalue weighted by Crippen LogP contribution is -2.41. The lowest BCUT2D eigenvalue weighted by atomic mass is 9.75. The van der Waals surface area contributed by atoms with E-state index in [1.165, 1.54) is 6.42 Å². The van der Waals surface area contributed by atoms with Crippen LogP contribution < -0.4 is 0 Å². The number of hydrogen-bond acceptors (Lipinski definition) is 2. The minimum absolute atomic E-state index is 0.147. The third-order valence-corrected chi connectivity index (χ3v) is 3.73. The Morgan fingerprint density at radius 1 is 1.50 bits per heavy atom. The summed E-state index contributed by atoms with van der Waals surface area (Å²) in [4.78, 5) is 0. The van der Waals surface area contributed by atoms with E-state index in [9.17, 15) is 5.11 Å². The average molecular weight is 188 g/mol. The van der Waals surface area contributed by atoms with Crippen molar-refractivity contribution < 1.29 is 5.11 Å². The Hall–Kier alpha value is 0.310. The van der Waals surface area contributed by atoms with Crippen LogP contribution in [0.4, 0.5) is 0 Å². The summed E-state index contributed by atoms with van der Waals surface area (Å²) in [5.74, 6) is 1.39. The molecule has 0 heterocycles. The molecule has 0 unspecified atom stereocenters. The fourth-order valence-electron chi connectivity index (χ4n) is 1.91. The van der Waals surface area contributed by atoms with E-state index in [-0.39, 0.29) is 10.9 Å². The molecular formula is C10H20OS. The van der Waals surface area contributed by atoms with Gasteiger partial charge in [0.05, 0.1) is 6.10 Å². The average Bonchev–Trinajstić information content (AvgIpc) is 1.94. The molecule has 3 atom stereocenters. The van der Waals surface area contributed by atoms with Gasteiger partial charge in [-0.3, -0.25) is 0 Å². The highest BCUT2D eigenvalue weighted by Crippen LogP contribution is 2.39. The number of thiol groups is 1. The summed E-state index contributed by atoms with van der Waals surface area (Å²) in [5, 5.41) is 9.78. The van der Waals surface area contributed by atoms with Gasteiger partial charge in [-0.1, -0.05) is 13.8 Å². The van der Waals surface area contributed by atoms with Crippen molar-refractivity contribution in [2.45, 2.75) is 50.9 Å². The van der Waals surface area contributed by atoms with Crippen molar-refractivity contribution in [2.24, 2.45) is 11.8 Å². The molecule has 0 aromatic carbocycles. The SMILES string of the molecule is CC(C)[C@H]1CC[C@@](C)(S)[C@H](O)C1. The maximum absolute atomic E-state index is 9.78. The molecule has 0 saturated heterocycles. The highest BCUT2D eigenvalue weighted by Gasteiger charge is 2.36. The van der Waals surface area contributed by atoms with E-state index in [1.807, 2.05) is 6.92 Å². The Kier molecular flexibility index (Phi) is 3.11. The summed E-state index contributed by atoms with van der Waals surface area (Å²) in [5.41, 5.74) is 0. The van der Waals surface area contributed by atoms with Crippen molar-refractivity contribution in [1.29, 1.82) is 0 Å². The van der Waals surface area contributed by atoms with Crippen molar-refractivity contribution in [3.63, 3.8) is 0 Å². The molecule has 0 spiro atoms. The molecule has 1 nitrogen and oxygen atoms in total. The van der Waals surface area contributed by atoms with Gasteiger partial charge in [0, 0.05) is 4.75 Å². The van der Waals surface area contributed by atoms with Gasteiger partial charge in [0.2, 0.25) is 0 Å². The first-order chi connectivity index (χ1) is 5.43. The van der Waals surface area contributed by atoms with Crippen LogP contribution >= 0.6 is 12.6 Å². The maximum atomic E-state index is 9.78. The van der Waals surface area contributed by atoms with Gasteiger partial charge in [-0.2, -0.15) is 12.6 Å². The Morgan fingerprint density at radius 2 is 2.08 bits per heavy atom. The van der Waals surface area contributed by atoms with Gasteiger partial charge >= 0.3 is 0 Å². The molecule has 0 radical (unpaired) electrons. The largest absolute Gasteiger partial charge is 0.392 e. The summed E-state index contributed by atoms with van der Waals surface area (Å²) < 4.78 is -0.147. The second-order valence-electron chi connectivity index (χ2n) is 4.65. The fraction of sp³-hybridized carbons (Fsp3) is 1.00. The van der Waals surface area contributed by atoms with Crippen molar-refractivity contribution in [3.8, 4) is 0 Å². The van der Waals surface area contributed by atoms with E-state index < -0.39 is 0 Å². The monoisotopic (exact) mass is 188 g/mol. The van der Waals surface area contributed by atoms with E-state index in [1.54, 1.807) is 0 Å². The lowest BCUT2D eigenvalue weighted by molar-refractivity contribution is 0.0588. The molecule has 0 aliphatic heterocycles. The summed E-state index contributed by atoms with van der Waals surface area (Å²) in [6, 6.07) is 0. The van der Waals surface area contributed by atoms with Gasteiger partial charge in [0.1, 0.15) is 0 Å². The van der Waals surface area contributed by atoms with Crippen LogP contribution in [0.5, 0.6) is 0 Å². The zero-order chi connectivity index (χ0) is 9.35. The Bertz CT molecular complexity index is 154. The summed E-state index contributed by atoms with van der Waals surface area (Å²) in [7, 11) is 0. The van der Waals surface area contributed by atoms with Crippen LogP contribution in [0.3, 0.4) is 0 Å². The zero-order valence-corrected chi connectivity index (χ0v) is 9.14. The number of aliphatic hydroxyl groups excluding tert-OH is 1. The lowest BCUT2D eigenvalue weighted by Gasteiger charge is -2.39. The van der Waals surface area contributed by atoms with Crippen LogP contribution in [0.2, 0.25) is 0 Å². The summed E-state index contributed by atoms with van der Waals surface area (Å²) in [6.45, 7) is 6.51. The normalized spacial score (nSPS) is 43.5. The Labute approximate surface area is 81.0 Å². The van der Waals surface area contributed by atoms with Crippen molar-refractivity contribution in [1.82, 2.24) is 0 Å². The summed E-state index contributed by atoms with van der Waals surface area (Å²) >= 11 is 4.47. The minimum Gasteiger partial charge on any atom is -0.392 e. The molecule has 0 bridgehead atoms. The molecule has 2 heteroatoms. The van der Waals surface area contributed by atoms with E-state index in [4.69, 9.17) is 0 Å². The molecular weight excluding hydrogens is 168 g/mol. The van der Waals surface area contributed by atoms with Crippen LogP contribution in [-0.4, -0.2) is 16.0 Å². The van der Waals surface area contributed by atoms with Gasteiger partial charge in [0.25, 0.3) is 0 Å². The Morgan fingerprint density at radius 3 is 2.50 bits per heavy atom. The third-order valence-electron chi connectivity index (χ3n) is 3.21. The van der Waals surface area contributed by atoms with Gasteiger partial charge in [-0.05, 0) is 38.0 Å². The molecule has 1 aliphatic rings. The van der Waals surface area contributed by atoms with Crippen molar-refractivity contribution in [2.75, 3.05) is 0 Å². The van der Waals surface area contributed by atoms with Crippen LogP contribution in [0.1, 0.15) is 40.0 Å². The molecule has 1 rings (SSSR count). The first-order valence-electron chi connectivity index (χ1n) is 4.84. The molecule has 1 fully saturated rings. The number of aliphatic hydroxyl groups is 1. The van der Waals surface area contributed by atoms with Crippen molar-refractivity contribution in [3.05, 3.63) is 0 Å². The Balaban J connectivity index is 2.52. The standard InChI is InChI=1S/C10H20OS/c1-7(2)8-4-5-10(3,12)9(11)6-8/h7-9,11-12H,4-6H2,1-3H3/t8-,9+,10+/m0/s1. The second kappa shape index (κ2) is 3.59. The number of rotatable bonds is 1. The quantitative estimate of drug-likeness (QED) is 0.606. The van der Waals surface area contributed by atoms with Crippen LogP contribution in [0.15, 0.2) is 0 Å². The van der Waals surface area contributed by atoms with Crippen LogP contribution in [0.25, 0.3) is 0 Å². The molecule has 1 saturated carbocycles. The van der Waals surface area contributed by atoms with Crippen molar-refractivity contribution >= 4 is 12.6 Å². The second-order valence-corrected chi connectivity index (χ2v) is 5.67. The van der Waals surface area contributed by atoms with Gasteiger partial charge < -0.3 is 5.11 Å². The first-order valence-corrected chi connectivity index (χ1v) is 5.28. The molecule has 1 aliphatic carbocycles. The highest BCUT2D eigenvalue weighted by molar-refractivity contribution is 7.81. The molecule has 0 amide bonds. The smallest absolute Gasteiger partial charge is 0.0684 e. The van der Waals surface area contributed by atoms with E-state index in [2.05, 4.69) is 26.5 Å². The molecule has 12 heavy (non-hydrogen) atoms. The predicted molar refractivity (Wildman–Crippen MR) is 55.6 cm³/mol. The predicted octanol–water partition coefficient (Wildman–Crippen LogP) is 2.49. The summed E-state index contributed by atoms with van der Waals surface area (Å²) in [6.07, 6.45) is 2.97. The number of hydrogen-bond donors (Lipinski definition) is 2. The first kappa shape index (κ1) is 10.4. The third kappa shape index (κ3) is 2.17. The molecule has 0 aromatic heterocycles. The van der Waals surface area contributed by atoms with E-state index >= 15 is 0 Å². The van der Waals surface area contributed by atoms with Gasteiger partial charge in [-0.15, -0.1) is 0 Å². The topological polar surface area (TPSA) is 20.2 Å². The molecule has 1 N–H and O–H groups in total. The van der Waals surface area contributed by atoms with E-state index in [0.29, 0.717) is 11.8 Å². The van der Waals surface area contributed by atoms with E-state index in [0.717, 1.165) is 12.8 Å². The molecule has 0 aromatic rings. The minimum atomic E-state index is -0.220. The fourth-order valence-corrected chi connectivity index (χ4v) is 2.14. The van der Waals surface area contributed by atoms with Gasteiger partial charge in [-0.25, -0.2) is 0 Å². The zero-order valence-electron chi connectivity index (χ0n) is 8.25. The molecule has 72 valence electrons.